The van der Waals surface area contributed by atoms with E-state index in [0.29, 0.717) is 18.3 Å². The minimum absolute atomic E-state index is 0.103. The van der Waals surface area contributed by atoms with Gasteiger partial charge in [-0.3, -0.25) is 0 Å². The molecule has 1 unspecified atom stereocenters. The second-order valence-corrected chi connectivity index (χ2v) is 5.21. The van der Waals surface area contributed by atoms with Crippen molar-refractivity contribution in [2.75, 3.05) is 13.7 Å². The fourth-order valence-electron chi connectivity index (χ4n) is 2.54. The van der Waals surface area contributed by atoms with E-state index in [1.54, 1.807) is 7.11 Å². The Hall–Kier alpha value is -0.940. The molecule has 0 amide bonds. The van der Waals surface area contributed by atoms with Gasteiger partial charge < -0.3 is 15.0 Å². The number of hydrogen-bond donors (Lipinski definition) is 1. The van der Waals surface area contributed by atoms with E-state index in [4.69, 9.17) is 15.0 Å². The predicted molar refractivity (Wildman–Crippen MR) is 68.2 cm³/mol. The highest BCUT2D eigenvalue weighted by molar-refractivity contribution is 5.04. The van der Waals surface area contributed by atoms with Crippen LogP contribution in [0.4, 0.5) is 0 Å². The molecule has 0 saturated heterocycles. The number of nitrogens with two attached hydrogens (primary N) is 1. The van der Waals surface area contributed by atoms with Crippen LogP contribution in [0.1, 0.15) is 63.1 Å². The molecule has 102 valence electrons. The summed E-state index contributed by atoms with van der Waals surface area (Å²) in [6, 6.07) is 0. The predicted octanol–water partition coefficient (Wildman–Crippen LogP) is 2.33. The number of nitrogens with zero attached hydrogens (tertiary/aromatic N) is 2. The molecule has 2 N–H and O–H groups in total. The molecule has 0 aliphatic heterocycles. The average molecular weight is 253 g/mol. The molecular weight excluding hydrogens is 230 g/mol. The van der Waals surface area contributed by atoms with Gasteiger partial charge in [-0.05, 0) is 12.8 Å². The van der Waals surface area contributed by atoms with Crippen molar-refractivity contribution in [2.24, 2.45) is 5.73 Å². The molecule has 5 nitrogen and oxygen atoms in total. The van der Waals surface area contributed by atoms with Crippen LogP contribution < -0.4 is 5.73 Å². The molecule has 1 aromatic heterocycles. The zero-order chi connectivity index (χ0) is 13.0. The topological polar surface area (TPSA) is 74.2 Å². The lowest BCUT2D eigenvalue weighted by atomic mass is 9.93. The van der Waals surface area contributed by atoms with Crippen molar-refractivity contribution in [3.05, 3.63) is 11.7 Å². The lowest BCUT2D eigenvalue weighted by Crippen LogP contribution is -2.29. The molecule has 0 aromatic carbocycles. The maximum absolute atomic E-state index is 5.76. The summed E-state index contributed by atoms with van der Waals surface area (Å²) in [4.78, 5) is 4.51. The van der Waals surface area contributed by atoms with E-state index < -0.39 is 0 Å². The third-order valence-electron chi connectivity index (χ3n) is 3.93. The van der Waals surface area contributed by atoms with Crippen LogP contribution in [0.15, 0.2) is 4.52 Å². The number of aromatic nitrogens is 2. The minimum atomic E-state index is -0.355. The summed E-state index contributed by atoms with van der Waals surface area (Å²) < 4.78 is 11.1. The molecule has 5 heteroatoms. The van der Waals surface area contributed by atoms with E-state index in [2.05, 4.69) is 10.1 Å². The maximum atomic E-state index is 5.76. The third kappa shape index (κ3) is 2.57. The second kappa shape index (κ2) is 5.80. The van der Waals surface area contributed by atoms with E-state index in [0.717, 1.165) is 25.7 Å². The monoisotopic (exact) mass is 253 g/mol. The SMILES string of the molecule is COC1(c2noc(C(C)CN)n2)CCCCCC1. The van der Waals surface area contributed by atoms with Gasteiger partial charge in [0.25, 0.3) is 0 Å². The summed E-state index contributed by atoms with van der Waals surface area (Å²) >= 11 is 0. The molecule has 18 heavy (non-hydrogen) atoms. The zero-order valence-electron chi connectivity index (χ0n) is 11.3. The Bertz CT molecular complexity index is 370. The van der Waals surface area contributed by atoms with Crippen molar-refractivity contribution in [3.63, 3.8) is 0 Å². The second-order valence-electron chi connectivity index (χ2n) is 5.21. The fraction of sp³-hybridized carbons (Fsp3) is 0.846. The first-order valence-electron chi connectivity index (χ1n) is 6.81. The number of hydrogen-bond acceptors (Lipinski definition) is 5. The van der Waals surface area contributed by atoms with Crippen molar-refractivity contribution >= 4 is 0 Å². The molecule has 0 bridgehead atoms. The Labute approximate surface area is 108 Å². The van der Waals surface area contributed by atoms with Crippen LogP contribution >= 0.6 is 0 Å². The summed E-state index contributed by atoms with van der Waals surface area (Å²) in [7, 11) is 1.74. The summed E-state index contributed by atoms with van der Waals surface area (Å²) in [5.41, 5.74) is 5.27. The Morgan fingerprint density at radius 2 is 2.00 bits per heavy atom. The van der Waals surface area contributed by atoms with Gasteiger partial charge >= 0.3 is 0 Å². The highest BCUT2D eigenvalue weighted by Gasteiger charge is 2.37. The van der Waals surface area contributed by atoms with E-state index in [1.165, 1.54) is 12.8 Å². The molecule has 0 radical (unpaired) electrons. The Morgan fingerprint density at radius 1 is 1.33 bits per heavy atom. The summed E-state index contributed by atoms with van der Waals surface area (Å²) in [6.45, 7) is 2.51. The lowest BCUT2D eigenvalue weighted by Gasteiger charge is -2.27. The van der Waals surface area contributed by atoms with Crippen LogP contribution in [0.2, 0.25) is 0 Å². The molecule has 1 heterocycles. The van der Waals surface area contributed by atoms with Crippen LogP contribution in [0, 0.1) is 0 Å². The van der Waals surface area contributed by atoms with Crippen molar-refractivity contribution < 1.29 is 9.26 Å². The van der Waals surface area contributed by atoms with Crippen LogP contribution in [0.5, 0.6) is 0 Å². The van der Waals surface area contributed by atoms with Gasteiger partial charge in [0, 0.05) is 19.6 Å². The first-order chi connectivity index (χ1) is 8.72. The van der Waals surface area contributed by atoms with Crippen LogP contribution in [0.25, 0.3) is 0 Å². The molecular formula is C13H23N3O2. The van der Waals surface area contributed by atoms with E-state index in [1.807, 2.05) is 6.92 Å². The van der Waals surface area contributed by atoms with E-state index >= 15 is 0 Å². The van der Waals surface area contributed by atoms with Gasteiger partial charge in [0.1, 0.15) is 5.60 Å². The van der Waals surface area contributed by atoms with E-state index in [-0.39, 0.29) is 11.5 Å². The number of ether oxygens (including phenoxy) is 1. The van der Waals surface area contributed by atoms with Gasteiger partial charge in [0.05, 0.1) is 0 Å². The van der Waals surface area contributed by atoms with Crippen LogP contribution in [-0.2, 0) is 10.3 Å². The zero-order valence-corrected chi connectivity index (χ0v) is 11.3. The molecule has 0 spiro atoms. The highest BCUT2D eigenvalue weighted by Crippen LogP contribution is 2.37. The smallest absolute Gasteiger partial charge is 0.230 e. The number of methoxy groups -OCH3 is 1. The fourth-order valence-corrected chi connectivity index (χ4v) is 2.54. The third-order valence-corrected chi connectivity index (χ3v) is 3.93. The summed E-state index contributed by atoms with van der Waals surface area (Å²) in [5, 5.41) is 4.13. The van der Waals surface area contributed by atoms with Crippen molar-refractivity contribution in [3.8, 4) is 0 Å². The van der Waals surface area contributed by atoms with Gasteiger partial charge in [0.15, 0.2) is 0 Å². The number of rotatable bonds is 4. The highest BCUT2D eigenvalue weighted by atomic mass is 16.5. The molecule has 1 fully saturated rings. The van der Waals surface area contributed by atoms with Crippen molar-refractivity contribution in [2.45, 2.75) is 57.0 Å². The van der Waals surface area contributed by atoms with Gasteiger partial charge in [-0.1, -0.05) is 37.8 Å². The molecule has 1 atom stereocenters. The first-order valence-corrected chi connectivity index (χ1v) is 6.81. The van der Waals surface area contributed by atoms with Crippen molar-refractivity contribution in [1.82, 2.24) is 10.1 Å². The van der Waals surface area contributed by atoms with Gasteiger partial charge in [-0.15, -0.1) is 0 Å². The summed E-state index contributed by atoms with van der Waals surface area (Å²) in [6.07, 6.45) is 6.78. The maximum Gasteiger partial charge on any atom is 0.230 e. The van der Waals surface area contributed by atoms with E-state index in [9.17, 15) is 0 Å². The van der Waals surface area contributed by atoms with Gasteiger partial charge in [0.2, 0.25) is 11.7 Å². The lowest BCUT2D eigenvalue weighted by molar-refractivity contribution is -0.0365. The Balaban J connectivity index is 2.23. The minimum Gasteiger partial charge on any atom is -0.370 e. The molecule has 2 rings (SSSR count). The molecule has 1 aliphatic carbocycles. The average Bonchev–Trinajstić information content (AvgIpc) is 2.78. The molecule has 1 aromatic rings. The van der Waals surface area contributed by atoms with Gasteiger partial charge in [-0.25, -0.2) is 0 Å². The first kappa shape index (κ1) is 13.5. The normalized spacial score (nSPS) is 21.5. The Kier molecular flexibility index (Phi) is 4.35. The van der Waals surface area contributed by atoms with Gasteiger partial charge in [-0.2, -0.15) is 4.98 Å². The largest absolute Gasteiger partial charge is 0.370 e. The quantitative estimate of drug-likeness (QED) is 0.833. The Morgan fingerprint density at radius 3 is 2.56 bits per heavy atom. The molecule has 1 aliphatic rings. The van der Waals surface area contributed by atoms with Crippen LogP contribution in [-0.4, -0.2) is 23.8 Å². The van der Waals surface area contributed by atoms with Crippen molar-refractivity contribution in [1.29, 1.82) is 0 Å². The standard InChI is InChI=1S/C13H23N3O2/c1-10(9-14)11-15-12(16-18-11)13(17-2)7-5-3-4-6-8-13/h10H,3-9,14H2,1-2H3. The van der Waals surface area contributed by atoms with Crippen LogP contribution in [0.3, 0.4) is 0 Å². The summed E-state index contributed by atoms with van der Waals surface area (Å²) in [5.74, 6) is 1.42. The molecule has 1 saturated carbocycles.